The highest BCUT2D eigenvalue weighted by Gasteiger charge is 2.47. The smallest absolute Gasteiger partial charge is 0.252 e. The van der Waals surface area contributed by atoms with Crippen molar-refractivity contribution in [2.75, 3.05) is 13.2 Å². The number of carbonyl (C=O) groups excluding carboxylic acids is 5. The van der Waals surface area contributed by atoms with Gasteiger partial charge < -0.3 is 61.8 Å². The number of aryl methyl sites for hydroxylation is 2. The molecule has 0 unspecified atom stereocenters. The number of aromatic hydroxyl groups is 1. The molecule has 0 bridgehead atoms. The van der Waals surface area contributed by atoms with E-state index in [9.17, 15) is 44.4 Å². The fraction of sp³-hybridized carbons (Fsp3) is 0.525. The SMILES string of the molecule is CCCCCCCCCCCCO[C@@H]1O[C@H](C(=O)NCCCC[C@H](NC(=O)[C@H](Cc2ccccc2)NC(=O)[C@@H]2Cc3ccccc3CN2C(=O)[C@@H](N)Cc2c(C)cc(O)cc2C)C(=O)NCc2ccccc2)[C@@H](O)[C@H](O)[C@H]1O. The lowest BCUT2D eigenvalue weighted by Gasteiger charge is -2.39. The summed E-state index contributed by atoms with van der Waals surface area (Å²) in [5.41, 5.74) is 12.4. The zero-order chi connectivity index (χ0) is 56.0. The molecule has 1 fully saturated rings. The largest absolute Gasteiger partial charge is 0.508 e. The van der Waals surface area contributed by atoms with Gasteiger partial charge in [0.05, 0.1) is 6.04 Å². The summed E-state index contributed by atoms with van der Waals surface area (Å²) in [7, 11) is 0. The lowest BCUT2D eigenvalue weighted by atomic mass is 9.91. The monoisotopic (exact) mass is 1080 g/mol. The number of rotatable bonds is 30. The van der Waals surface area contributed by atoms with Crippen molar-refractivity contribution in [3.63, 3.8) is 0 Å². The van der Waals surface area contributed by atoms with Crippen LogP contribution in [-0.4, -0.2) is 123 Å². The van der Waals surface area contributed by atoms with Gasteiger partial charge in [0.25, 0.3) is 5.91 Å². The second-order valence-corrected chi connectivity index (χ2v) is 21.1. The van der Waals surface area contributed by atoms with Crippen molar-refractivity contribution in [2.45, 2.75) is 191 Å². The molecule has 9 atom stereocenters. The van der Waals surface area contributed by atoms with E-state index in [4.69, 9.17) is 15.2 Å². The van der Waals surface area contributed by atoms with Crippen molar-refractivity contribution < 1.29 is 53.9 Å². The molecule has 424 valence electrons. The highest BCUT2D eigenvalue weighted by atomic mass is 16.7. The van der Waals surface area contributed by atoms with Gasteiger partial charge in [0.15, 0.2) is 12.4 Å². The lowest BCUT2D eigenvalue weighted by Crippen LogP contribution is -2.62. The molecule has 2 aliphatic heterocycles. The number of carbonyl (C=O) groups is 5. The molecule has 78 heavy (non-hydrogen) atoms. The maximum atomic E-state index is 14.7. The van der Waals surface area contributed by atoms with Crippen molar-refractivity contribution >= 4 is 29.5 Å². The summed E-state index contributed by atoms with van der Waals surface area (Å²) in [6.45, 7) is 6.52. The highest BCUT2D eigenvalue weighted by molar-refractivity contribution is 5.95. The van der Waals surface area contributed by atoms with Gasteiger partial charge in [-0.2, -0.15) is 0 Å². The van der Waals surface area contributed by atoms with Gasteiger partial charge in [-0.3, -0.25) is 24.0 Å². The van der Waals surface area contributed by atoms with Crippen LogP contribution in [0.3, 0.4) is 0 Å². The molecule has 5 amide bonds. The summed E-state index contributed by atoms with van der Waals surface area (Å²) in [6, 6.07) is 24.9. The van der Waals surface area contributed by atoms with Gasteiger partial charge in [-0.15, -0.1) is 0 Å². The van der Waals surface area contributed by atoms with Gasteiger partial charge >= 0.3 is 0 Å². The zero-order valence-corrected chi connectivity index (χ0v) is 45.7. The van der Waals surface area contributed by atoms with Crippen molar-refractivity contribution in [1.82, 2.24) is 26.2 Å². The van der Waals surface area contributed by atoms with Crippen LogP contribution in [0.4, 0.5) is 0 Å². The fourth-order valence-electron chi connectivity index (χ4n) is 10.4. The minimum absolute atomic E-state index is 0.0605. The summed E-state index contributed by atoms with van der Waals surface area (Å²) >= 11 is 0. The van der Waals surface area contributed by atoms with Crippen LogP contribution in [0.2, 0.25) is 0 Å². The molecule has 0 spiro atoms. The van der Waals surface area contributed by atoms with Gasteiger partial charge in [0.2, 0.25) is 23.6 Å². The number of nitrogens with one attached hydrogen (secondary N) is 4. The number of phenols is 1. The van der Waals surface area contributed by atoms with Crippen LogP contribution >= 0.6 is 0 Å². The van der Waals surface area contributed by atoms with Crippen LogP contribution in [0.25, 0.3) is 0 Å². The summed E-state index contributed by atoms with van der Waals surface area (Å²) in [5.74, 6) is -2.71. The Morgan fingerprint density at radius 3 is 1.92 bits per heavy atom. The molecule has 0 aromatic heterocycles. The standard InChI is InChI=1S/C61H84N6O11/c1-4-5-6-7-8-9-10-11-12-23-32-77-61-54(71)52(69)53(70)55(78-61)59(75)63-31-22-21-30-49(56(72)64-38-43-26-17-14-18-27-43)65-57(73)50(35-42-24-15-13-16-25-42)66-58(74)51-36-44-28-19-20-29-45(44)39-67(51)60(76)48(62)37-47-40(2)33-46(68)34-41(47)3/h13-20,24-29,33-34,48-55,61,68-71H,4-12,21-23,30-32,35-39,62H2,1-3H3,(H,63,75)(H,64,72)(H,65,73)(H,66,74)/t48-,49-,50-,51-,52-,53-,54+,55-,61+/m0/s1. The number of phenolic OH excluding ortho intramolecular Hbond substituents is 1. The first-order chi connectivity index (χ1) is 37.6. The van der Waals surface area contributed by atoms with E-state index in [1.165, 1.54) is 43.4 Å². The fourth-order valence-corrected chi connectivity index (χ4v) is 10.4. The van der Waals surface area contributed by atoms with Crippen molar-refractivity contribution in [1.29, 1.82) is 0 Å². The van der Waals surface area contributed by atoms with Crippen LogP contribution in [-0.2, 0) is 65.8 Å². The molecule has 4 aromatic rings. The Balaban J connectivity index is 1.09. The Kier molecular flexibility index (Phi) is 24.6. The number of hydrogen-bond donors (Lipinski definition) is 9. The summed E-state index contributed by atoms with van der Waals surface area (Å²) < 4.78 is 11.5. The van der Waals surface area contributed by atoms with Gasteiger partial charge in [0.1, 0.15) is 42.2 Å². The zero-order valence-electron chi connectivity index (χ0n) is 45.7. The number of amides is 5. The highest BCUT2D eigenvalue weighted by Crippen LogP contribution is 2.28. The van der Waals surface area contributed by atoms with E-state index in [0.717, 1.165) is 58.2 Å². The third kappa shape index (κ3) is 18.2. The van der Waals surface area contributed by atoms with E-state index >= 15 is 0 Å². The van der Waals surface area contributed by atoms with Crippen LogP contribution in [0.15, 0.2) is 97.1 Å². The number of unbranched alkanes of at least 4 members (excludes halogenated alkanes) is 10. The third-order valence-corrected chi connectivity index (χ3v) is 14.9. The molecule has 0 radical (unpaired) electrons. The molecule has 10 N–H and O–H groups in total. The second kappa shape index (κ2) is 31.4. The average molecular weight is 1080 g/mol. The first-order valence-electron chi connectivity index (χ1n) is 28.1. The molecule has 17 nitrogen and oxygen atoms in total. The normalized spacial score (nSPS) is 20.2. The Bertz CT molecular complexity index is 2510. The Morgan fingerprint density at radius 2 is 1.27 bits per heavy atom. The summed E-state index contributed by atoms with van der Waals surface area (Å²) in [5, 5.41) is 53.7. The molecule has 1 saturated heterocycles. The van der Waals surface area contributed by atoms with Crippen LogP contribution < -0.4 is 27.0 Å². The quantitative estimate of drug-likeness (QED) is 0.0298. The Labute approximate surface area is 460 Å². The number of hydrogen-bond acceptors (Lipinski definition) is 12. The predicted octanol–water partition coefficient (Wildman–Crippen LogP) is 5.39. The second-order valence-electron chi connectivity index (χ2n) is 21.1. The van der Waals surface area contributed by atoms with Crippen LogP contribution in [0, 0.1) is 13.8 Å². The molecule has 4 aromatic carbocycles. The van der Waals surface area contributed by atoms with E-state index in [2.05, 4.69) is 28.2 Å². The van der Waals surface area contributed by atoms with Crippen LogP contribution in [0.5, 0.6) is 5.75 Å². The van der Waals surface area contributed by atoms with E-state index in [0.29, 0.717) is 19.3 Å². The van der Waals surface area contributed by atoms with Crippen molar-refractivity contribution in [3.8, 4) is 5.75 Å². The minimum Gasteiger partial charge on any atom is -0.508 e. The van der Waals surface area contributed by atoms with Crippen molar-refractivity contribution in [3.05, 3.63) is 136 Å². The first kappa shape index (κ1) is 61.0. The molecular formula is C61H84N6O11. The summed E-state index contributed by atoms with van der Waals surface area (Å²) in [6.07, 6.45) is 4.71. The lowest BCUT2D eigenvalue weighted by molar-refractivity contribution is -0.290. The Hall–Kier alpha value is -6.21. The molecule has 6 rings (SSSR count). The van der Waals surface area contributed by atoms with Gasteiger partial charge in [-0.25, -0.2) is 0 Å². The van der Waals surface area contributed by atoms with E-state index < -0.39 is 84.4 Å². The minimum atomic E-state index is -1.71. The maximum absolute atomic E-state index is 14.7. The molecule has 17 heteroatoms. The van der Waals surface area contributed by atoms with Gasteiger partial charge in [0, 0.05) is 39.1 Å². The molecule has 2 aliphatic rings. The van der Waals surface area contributed by atoms with Crippen molar-refractivity contribution in [2.24, 2.45) is 5.73 Å². The van der Waals surface area contributed by atoms with E-state index in [1.807, 2.05) is 98.8 Å². The topological polar surface area (TPSA) is 262 Å². The molecule has 0 aliphatic carbocycles. The van der Waals surface area contributed by atoms with Gasteiger partial charge in [-0.1, -0.05) is 150 Å². The third-order valence-electron chi connectivity index (χ3n) is 14.9. The number of nitrogens with zero attached hydrogens (tertiary/aromatic N) is 1. The number of ether oxygens (including phenoxy) is 2. The number of aliphatic hydroxyl groups excluding tert-OH is 3. The van der Waals surface area contributed by atoms with E-state index in [1.54, 1.807) is 12.1 Å². The predicted molar refractivity (Wildman–Crippen MR) is 297 cm³/mol. The molecular weight excluding hydrogens is 993 g/mol. The van der Waals surface area contributed by atoms with E-state index in [-0.39, 0.29) is 57.7 Å². The van der Waals surface area contributed by atoms with Gasteiger partial charge in [-0.05, 0) is 97.0 Å². The number of benzene rings is 4. The maximum Gasteiger partial charge on any atom is 0.252 e. The first-order valence-corrected chi connectivity index (χ1v) is 28.1. The average Bonchev–Trinajstić information content (AvgIpc) is 3.47. The summed E-state index contributed by atoms with van der Waals surface area (Å²) in [4.78, 5) is 72.7. The number of fused-ring (bicyclic) bond motifs is 1. The van der Waals surface area contributed by atoms with Crippen LogP contribution in [0.1, 0.15) is 129 Å². The molecule has 0 saturated carbocycles. The molecule has 2 heterocycles. The number of aliphatic hydroxyl groups is 3. The number of nitrogens with two attached hydrogens (primary N) is 1. The Morgan fingerprint density at radius 1 is 0.667 bits per heavy atom.